The van der Waals surface area contributed by atoms with Crippen LogP contribution in [0.3, 0.4) is 0 Å². The van der Waals surface area contributed by atoms with Crippen molar-refractivity contribution in [2.24, 2.45) is 0 Å². The van der Waals surface area contributed by atoms with Gasteiger partial charge in [0.05, 0.1) is 0 Å². The Morgan fingerprint density at radius 2 is 2.19 bits per heavy atom. The molecule has 2 heteroatoms. The van der Waals surface area contributed by atoms with Crippen molar-refractivity contribution < 1.29 is 9.53 Å². The lowest BCUT2D eigenvalue weighted by atomic mass is 10.2. The fourth-order valence-corrected chi connectivity index (χ4v) is 1.97. The van der Waals surface area contributed by atoms with Crippen molar-refractivity contribution in [3.05, 3.63) is 35.9 Å². The molecular weight excluding hydrogens is 200 g/mol. The molecule has 0 radical (unpaired) electrons. The van der Waals surface area contributed by atoms with E-state index in [0.717, 1.165) is 17.7 Å². The summed E-state index contributed by atoms with van der Waals surface area (Å²) in [7, 11) is 0. The quantitative estimate of drug-likeness (QED) is 0.775. The predicted molar refractivity (Wildman–Crippen MR) is 64.4 cm³/mol. The number of hydrogen-bond acceptors (Lipinski definition) is 2. The van der Waals surface area contributed by atoms with E-state index in [-0.39, 0.29) is 6.10 Å². The molecule has 16 heavy (non-hydrogen) atoms. The van der Waals surface area contributed by atoms with Crippen LogP contribution >= 0.6 is 0 Å². The Labute approximate surface area is 95.9 Å². The Morgan fingerprint density at radius 3 is 2.88 bits per heavy atom. The Hall–Kier alpha value is -1.57. The summed E-state index contributed by atoms with van der Waals surface area (Å²) in [5, 5.41) is 0. The molecule has 0 N–H and O–H groups in total. The second-order valence-electron chi connectivity index (χ2n) is 4.06. The van der Waals surface area contributed by atoms with E-state index in [4.69, 9.17) is 4.74 Å². The first-order chi connectivity index (χ1) is 7.79. The van der Waals surface area contributed by atoms with Gasteiger partial charge in [0.25, 0.3) is 0 Å². The summed E-state index contributed by atoms with van der Waals surface area (Å²) < 4.78 is 5.86. The Morgan fingerprint density at radius 1 is 1.38 bits per heavy atom. The third-order valence-electron chi connectivity index (χ3n) is 2.76. The molecule has 1 aromatic carbocycles. The molecule has 1 atom stereocenters. The van der Waals surface area contributed by atoms with Crippen molar-refractivity contribution >= 4 is 11.9 Å². The standard InChI is InChI=1S/C14H16O2/c1-2-5-11-6-3-4-7-14(11)16-13-9-8-12(15)10-13/h2-7,13H,8-10H2,1H3. The van der Waals surface area contributed by atoms with Crippen molar-refractivity contribution in [2.75, 3.05) is 0 Å². The lowest BCUT2D eigenvalue weighted by Crippen LogP contribution is -2.12. The molecule has 1 aliphatic carbocycles. The van der Waals surface area contributed by atoms with E-state index < -0.39 is 0 Å². The third kappa shape index (κ3) is 2.51. The molecule has 0 heterocycles. The van der Waals surface area contributed by atoms with Crippen LogP contribution in [0.1, 0.15) is 31.7 Å². The summed E-state index contributed by atoms with van der Waals surface area (Å²) in [5.41, 5.74) is 1.07. The Balaban J connectivity index is 2.11. The van der Waals surface area contributed by atoms with Gasteiger partial charge in [-0.05, 0) is 19.4 Å². The van der Waals surface area contributed by atoms with Crippen LogP contribution in [0.5, 0.6) is 5.75 Å². The highest BCUT2D eigenvalue weighted by Gasteiger charge is 2.23. The zero-order chi connectivity index (χ0) is 11.4. The number of benzene rings is 1. The number of ether oxygens (including phenoxy) is 1. The minimum absolute atomic E-state index is 0.0684. The average Bonchev–Trinajstić information content (AvgIpc) is 2.67. The number of para-hydroxylation sites is 1. The number of carbonyl (C=O) groups is 1. The highest BCUT2D eigenvalue weighted by atomic mass is 16.5. The summed E-state index contributed by atoms with van der Waals surface area (Å²) in [6.45, 7) is 1.98. The molecule has 0 spiro atoms. The topological polar surface area (TPSA) is 26.3 Å². The lowest BCUT2D eigenvalue weighted by molar-refractivity contribution is -0.117. The molecule has 1 unspecified atom stereocenters. The molecule has 1 fully saturated rings. The molecule has 0 aliphatic heterocycles. The van der Waals surface area contributed by atoms with Gasteiger partial charge < -0.3 is 4.74 Å². The Kier molecular flexibility index (Phi) is 3.40. The van der Waals surface area contributed by atoms with E-state index in [1.807, 2.05) is 43.3 Å². The molecule has 0 aromatic heterocycles. The maximum Gasteiger partial charge on any atom is 0.136 e. The summed E-state index contributed by atoms with van der Waals surface area (Å²) in [6.07, 6.45) is 6.15. The van der Waals surface area contributed by atoms with Crippen LogP contribution in [0.2, 0.25) is 0 Å². The largest absolute Gasteiger partial charge is 0.489 e. The van der Waals surface area contributed by atoms with Crippen molar-refractivity contribution in [3.63, 3.8) is 0 Å². The van der Waals surface area contributed by atoms with Gasteiger partial charge in [-0.25, -0.2) is 0 Å². The second kappa shape index (κ2) is 4.97. The van der Waals surface area contributed by atoms with E-state index >= 15 is 0 Å². The summed E-state index contributed by atoms with van der Waals surface area (Å²) >= 11 is 0. The fourth-order valence-electron chi connectivity index (χ4n) is 1.97. The first-order valence-corrected chi connectivity index (χ1v) is 5.69. The number of rotatable bonds is 3. The molecule has 0 amide bonds. The third-order valence-corrected chi connectivity index (χ3v) is 2.76. The highest BCUT2D eigenvalue weighted by Crippen LogP contribution is 2.25. The molecule has 1 aromatic rings. The van der Waals surface area contributed by atoms with Crippen LogP contribution in [-0.4, -0.2) is 11.9 Å². The van der Waals surface area contributed by atoms with Gasteiger partial charge >= 0.3 is 0 Å². The monoisotopic (exact) mass is 216 g/mol. The summed E-state index contributed by atoms with van der Waals surface area (Å²) in [4.78, 5) is 11.2. The normalized spacial score (nSPS) is 20.6. The first-order valence-electron chi connectivity index (χ1n) is 5.69. The van der Waals surface area contributed by atoms with Gasteiger partial charge in [0.2, 0.25) is 0 Å². The smallest absolute Gasteiger partial charge is 0.136 e. The molecule has 1 aliphatic rings. The minimum atomic E-state index is 0.0684. The van der Waals surface area contributed by atoms with Gasteiger partial charge in [0.15, 0.2) is 0 Å². The van der Waals surface area contributed by atoms with E-state index in [1.165, 1.54) is 0 Å². The Bertz CT molecular complexity index is 407. The van der Waals surface area contributed by atoms with Crippen LogP contribution < -0.4 is 4.74 Å². The summed E-state index contributed by atoms with van der Waals surface area (Å²) in [6, 6.07) is 7.92. The number of allylic oxidation sites excluding steroid dienone is 1. The van der Waals surface area contributed by atoms with Gasteiger partial charge in [-0.2, -0.15) is 0 Å². The van der Waals surface area contributed by atoms with E-state index in [9.17, 15) is 4.79 Å². The van der Waals surface area contributed by atoms with E-state index in [0.29, 0.717) is 18.6 Å². The number of ketones is 1. The molecule has 2 rings (SSSR count). The van der Waals surface area contributed by atoms with Gasteiger partial charge in [0.1, 0.15) is 17.6 Å². The van der Waals surface area contributed by atoms with Gasteiger partial charge in [-0.1, -0.05) is 30.4 Å². The molecule has 0 saturated heterocycles. The maximum absolute atomic E-state index is 11.2. The number of carbonyl (C=O) groups excluding carboxylic acids is 1. The van der Waals surface area contributed by atoms with Crippen LogP contribution in [0.15, 0.2) is 30.3 Å². The van der Waals surface area contributed by atoms with E-state index in [1.54, 1.807) is 0 Å². The predicted octanol–water partition coefficient (Wildman–Crippen LogP) is 3.22. The molecule has 0 bridgehead atoms. The SMILES string of the molecule is CC=Cc1ccccc1OC1CCC(=O)C1. The van der Waals surface area contributed by atoms with Crippen molar-refractivity contribution in [1.29, 1.82) is 0 Å². The molecule has 1 saturated carbocycles. The number of hydrogen-bond donors (Lipinski definition) is 0. The molecule has 2 nitrogen and oxygen atoms in total. The molecular formula is C14H16O2. The zero-order valence-corrected chi connectivity index (χ0v) is 9.48. The van der Waals surface area contributed by atoms with Crippen LogP contribution in [0.4, 0.5) is 0 Å². The number of Topliss-reactive ketones (excluding diaryl/α,β-unsaturated/α-hetero) is 1. The van der Waals surface area contributed by atoms with E-state index in [2.05, 4.69) is 0 Å². The van der Waals surface area contributed by atoms with Gasteiger partial charge in [-0.15, -0.1) is 0 Å². The molecule has 84 valence electrons. The van der Waals surface area contributed by atoms with Crippen molar-refractivity contribution in [2.45, 2.75) is 32.3 Å². The van der Waals surface area contributed by atoms with Crippen LogP contribution in [0.25, 0.3) is 6.08 Å². The average molecular weight is 216 g/mol. The van der Waals surface area contributed by atoms with Gasteiger partial charge in [-0.3, -0.25) is 4.79 Å². The zero-order valence-electron chi connectivity index (χ0n) is 9.48. The van der Waals surface area contributed by atoms with Crippen LogP contribution in [0, 0.1) is 0 Å². The van der Waals surface area contributed by atoms with Crippen LogP contribution in [-0.2, 0) is 4.79 Å². The lowest BCUT2D eigenvalue weighted by Gasteiger charge is -2.14. The fraction of sp³-hybridized carbons (Fsp3) is 0.357. The minimum Gasteiger partial charge on any atom is -0.489 e. The van der Waals surface area contributed by atoms with Gasteiger partial charge in [0, 0.05) is 18.4 Å². The summed E-state index contributed by atoms with van der Waals surface area (Å²) in [5.74, 6) is 1.19. The van der Waals surface area contributed by atoms with Crippen molar-refractivity contribution in [1.82, 2.24) is 0 Å². The first kappa shape index (κ1) is 10.9. The second-order valence-corrected chi connectivity index (χ2v) is 4.06. The highest BCUT2D eigenvalue weighted by molar-refractivity contribution is 5.81. The maximum atomic E-state index is 11.2. The van der Waals surface area contributed by atoms with Crippen molar-refractivity contribution in [3.8, 4) is 5.75 Å².